The van der Waals surface area contributed by atoms with E-state index in [-0.39, 0.29) is 5.56 Å². The summed E-state index contributed by atoms with van der Waals surface area (Å²) in [4.78, 5) is 18.0. The van der Waals surface area contributed by atoms with Gasteiger partial charge in [0.15, 0.2) is 11.0 Å². The third-order valence-electron chi connectivity index (χ3n) is 3.73. The summed E-state index contributed by atoms with van der Waals surface area (Å²) in [6.45, 7) is 4.15. The maximum Gasteiger partial charge on any atom is 0.263 e. The maximum atomic E-state index is 12.7. The molecule has 0 amide bonds. The summed E-state index contributed by atoms with van der Waals surface area (Å²) < 4.78 is 3.32. The molecular weight excluding hydrogens is 368 g/mol. The van der Waals surface area contributed by atoms with Crippen LogP contribution in [0.15, 0.2) is 64.4 Å². The van der Waals surface area contributed by atoms with Gasteiger partial charge in [0.25, 0.3) is 5.56 Å². The lowest BCUT2D eigenvalue weighted by Crippen LogP contribution is -2.22. The van der Waals surface area contributed by atoms with Gasteiger partial charge in [0.2, 0.25) is 0 Å². The van der Waals surface area contributed by atoms with Crippen molar-refractivity contribution in [3.63, 3.8) is 0 Å². The third-order valence-corrected chi connectivity index (χ3v) is 5.50. The Bertz CT molecular complexity index is 1120. The number of rotatable bonds is 6. The van der Waals surface area contributed by atoms with E-state index in [1.807, 2.05) is 35.7 Å². The molecule has 4 aromatic rings. The van der Waals surface area contributed by atoms with E-state index in [2.05, 4.69) is 27.1 Å². The van der Waals surface area contributed by atoms with Crippen LogP contribution in [-0.4, -0.2) is 29.8 Å². The SMILES string of the molecule is C=CCn1c(SCc2nnnn2-c2ccccc2)nc2sccc2c1=O. The number of para-hydroxylation sites is 1. The summed E-state index contributed by atoms with van der Waals surface area (Å²) in [6, 6.07) is 11.5. The van der Waals surface area contributed by atoms with Gasteiger partial charge >= 0.3 is 0 Å². The van der Waals surface area contributed by atoms with Gasteiger partial charge in [-0.15, -0.1) is 23.0 Å². The number of thioether (sulfide) groups is 1. The second-order valence-electron chi connectivity index (χ2n) is 5.37. The zero-order valence-corrected chi connectivity index (χ0v) is 15.3. The standard InChI is InChI=1S/C17H14N6OS2/c1-2-9-22-16(24)13-8-10-25-15(13)18-17(22)26-11-14-19-20-21-23(14)12-6-4-3-5-7-12/h2-8,10H,1,9,11H2. The van der Waals surface area contributed by atoms with Crippen LogP contribution in [0.5, 0.6) is 0 Å². The van der Waals surface area contributed by atoms with Crippen molar-refractivity contribution in [2.75, 3.05) is 0 Å². The summed E-state index contributed by atoms with van der Waals surface area (Å²) in [5.74, 6) is 1.18. The molecule has 0 radical (unpaired) electrons. The molecule has 0 bridgehead atoms. The second-order valence-corrected chi connectivity index (χ2v) is 7.21. The number of hydrogen-bond acceptors (Lipinski definition) is 7. The van der Waals surface area contributed by atoms with Crippen molar-refractivity contribution in [3.8, 4) is 5.69 Å². The molecule has 9 heteroatoms. The predicted molar refractivity (Wildman–Crippen MR) is 103 cm³/mol. The molecule has 4 rings (SSSR count). The van der Waals surface area contributed by atoms with E-state index in [0.717, 1.165) is 10.5 Å². The Morgan fingerprint density at radius 3 is 2.88 bits per heavy atom. The Labute approximate surface area is 157 Å². The molecule has 130 valence electrons. The van der Waals surface area contributed by atoms with E-state index in [0.29, 0.717) is 28.7 Å². The highest BCUT2D eigenvalue weighted by Gasteiger charge is 2.14. The van der Waals surface area contributed by atoms with Crippen LogP contribution >= 0.6 is 23.1 Å². The van der Waals surface area contributed by atoms with E-state index in [9.17, 15) is 4.79 Å². The Kier molecular flexibility index (Phi) is 4.63. The van der Waals surface area contributed by atoms with Gasteiger partial charge < -0.3 is 0 Å². The molecule has 0 atom stereocenters. The molecule has 0 N–H and O–H groups in total. The van der Waals surface area contributed by atoms with Crippen LogP contribution in [0.1, 0.15) is 5.82 Å². The number of aromatic nitrogens is 6. The molecule has 0 saturated carbocycles. The topological polar surface area (TPSA) is 78.5 Å². The predicted octanol–water partition coefficient (Wildman–Crippen LogP) is 2.91. The van der Waals surface area contributed by atoms with Crippen LogP contribution < -0.4 is 5.56 Å². The van der Waals surface area contributed by atoms with Crippen LogP contribution in [0.2, 0.25) is 0 Å². The second kappa shape index (κ2) is 7.22. The molecule has 26 heavy (non-hydrogen) atoms. The van der Waals surface area contributed by atoms with Gasteiger partial charge in [-0.05, 0) is 34.0 Å². The van der Waals surface area contributed by atoms with Crippen molar-refractivity contribution in [3.05, 3.63) is 70.6 Å². The van der Waals surface area contributed by atoms with Gasteiger partial charge in [-0.3, -0.25) is 9.36 Å². The number of thiophene rings is 1. The first-order valence-corrected chi connectivity index (χ1v) is 9.69. The monoisotopic (exact) mass is 382 g/mol. The fourth-order valence-electron chi connectivity index (χ4n) is 2.52. The summed E-state index contributed by atoms with van der Waals surface area (Å²) >= 11 is 2.89. The Morgan fingerprint density at radius 2 is 2.08 bits per heavy atom. The molecular formula is C17H14N6OS2. The minimum absolute atomic E-state index is 0.0544. The molecule has 0 aliphatic carbocycles. The Hall–Kier alpha value is -2.78. The lowest BCUT2D eigenvalue weighted by Gasteiger charge is -2.10. The van der Waals surface area contributed by atoms with E-state index >= 15 is 0 Å². The van der Waals surface area contributed by atoms with Crippen molar-refractivity contribution < 1.29 is 0 Å². The molecule has 0 fully saturated rings. The number of tetrazole rings is 1. The summed E-state index contributed by atoms with van der Waals surface area (Å²) in [6.07, 6.45) is 1.69. The zero-order valence-electron chi connectivity index (χ0n) is 13.6. The van der Waals surface area contributed by atoms with Crippen molar-refractivity contribution in [1.82, 2.24) is 29.8 Å². The minimum atomic E-state index is -0.0544. The molecule has 7 nitrogen and oxygen atoms in total. The maximum absolute atomic E-state index is 12.7. The van der Waals surface area contributed by atoms with Crippen molar-refractivity contribution in [2.45, 2.75) is 17.5 Å². The van der Waals surface area contributed by atoms with Gasteiger partial charge in [-0.25, -0.2) is 4.98 Å². The fraction of sp³-hybridized carbons (Fsp3) is 0.118. The lowest BCUT2D eigenvalue weighted by atomic mass is 10.3. The van der Waals surface area contributed by atoms with Crippen LogP contribution in [-0.2, 0) is 12.3 Å². The molecule has 1 aromatic carbocycles. The average molecular weight is 382 g/mol. The van der Waals surface area contributed by atoms with E-state index in [1.54, 1.807) is 21.4 Å². The number of allylic oxidation sites excluding steroid dienone is 1. The Morgan fingerprint density at radius 1 is 1.23 bits per heavy atom. The number of nitrogens with zero attached hydrogens (tertiary/aromatic N) is 6. The highest BCUT2D eigenvalue weighted by atomic mass is 32.2. The van der Waals surface area contributed by atoms with Gasteiger partial charge in [0.05, 0.1) is 16.8 Å². The van der Waals surface area contributed by atoms with Crippen molar-refractivity contribution >= 4 is 33.3 Å². The summed E-state index contributed by atoms with van der Waals surface area (Å²) in [5.41, 5.74) is 0.833. The quantitative estimate of drug-likeness (QED) is 0.290. The number of hydrogen-bond donors (Lipinski definition) is 0. The van der Waals surface area contributed by atoms with Crippen molar-refractivity contribution in [2.24, 2.45) is 0 Å². The van der Waals surface area contributed by atoms with Crippen LogP contribution in [0.4, 0.5) is 0 Å². The number of benzene rings is 1. The Balaban J connectivity index is 1.67. The molecule has 0 spiro atoms. The van der Waals surface area contributed by atoms with Gasteiger partial charge in [-0.1, -0.05) is 36.0 Å². The van der Waals surface area contributed by atoms with E-state index in [1.165, 1.54) is 23.1 Å². The number of fused-ring (bicyclic) bond motifs is 1. The lowest BCUT2D eigenvalue weighted by molar-refractivity contribution is 0.672. The fourth-order valence-corrected chi connectivity index (χ4v) is 4.24. The van der Waals surface area contributed by atoms with Crippen LogP contribution in [0.25, 0.3) is 15.9 Å². The normalized spacial score (nSPS) is 11.1. The summed E-state index contributed by atoms with van der Waals surface area (Å²) in [5, 5.41) is 15.1. The molecule has 3 heterocycles. The molecule has 0 aliphatic rings. The highest BCUT2D eigenvalue weighted by molar-refractivity contribution is 7.98. The van der Waals surface area contributed by atoms with Crippen LogP contribution in [0, 0.1) is 0 Å². The molecule has 0 unspecified atom stereocenters. The average Bonchev–Trinajstić information content (AvgIpc) is 3.32. The van der Waals surface area contributed by atoms with Gasteiger partial charge in [-0.2, -0.15) is 4.68 Å². The smallest absolute Gasteiger partial charge is 0.263 e. The highest BCUT2D eigenvalue weighted by Crippen LogP contribution is 2.24. The van der Waals surface area contributed by atoms with Crippen molar-refractivity contribution in [1.29, 1.82) is 0 Å². The molecule has 3 aromatic heterocycles. The van der Waals surface area contributed by atoms with E-state index in [4.69, 9.17) is 0 Å². The molecule has 0 saturated heterocycles. The first-order chi connectivity index (χ1) is 12.8. The van der Waals surface area contributed by atoms with Gasteiger partial charge in [0.1, 0.15) is 4.83 Å². The summed E-state index contributed by atoms with van der Waals surface area (Å²) in [7, 11) is 0. The van der Waals surface area contributed by atoms with Crippen LogP contribution in [0.3, 0.4) is 0 Å². The minimum Gasteiger partial charge on any atom is -0.283 e. The largest absolute Gasteiger partial charge is 0.283 e. The molecule has 0 aliphatic heterocycles. The third kappa shape index (κ3) is 3.06. The first-order valence-electron chi connectivity index (χ1n) is 7.82. The van der Waals surface area contributed by atoms with E-state index < -0.39 is 0 Å². The van der Waals surface area contributed by atoms with Gasteiger partial charge in [0, 0.05) is 6.54 Å². The zero-order chi connectivity index (χ0) is 17.9. The first kappa shape index (κ1) is 16.7.